The molecule has 2 nitrogen and oxygen atoms in total. The normalized spacial score (nSPS) is 17.1. The Morgan fingerprint density at radius 3 is 2.57 bits per heavy atom. The van der Waals surface area contributed by atoms with Gasteiger partial charge in [0.05, 0.1) is 12.7 Å². The van der Waals surface area contributed by atoms with Gasteiger partial charge in [-0.2, -0.15) is 0 Å². The topological polar surface area (TPSA) is 26.3 Å². The summed E-state index contributed by atoms with van der Waals surface area (Å²) < 4.78 is 4.79. The lowest BCUT2D eigenvalue weighted by molar-refractivity contribution is 0.0600. The molecule has 0 heterocycles. The van der Waals surface area contributed by atoms with Crippen LogP contribution in [-0.4, -0.2) is 13.1 Å². The molecule has 0 aromatic heterocycles. The van der Waals surface area contributed by atoms with E-state index in [9.17, 15) is 4.79 Å². The van der Waals surface area contributed by atoms with Crippen molar-refractivity contribution >= 4 is 5.97 Å². The average molecular weight is 280 g/mol. The Kier molecular flexibility index (Phi) is 3.78. The number of rotatable bonds is 2. The number of methoxy groups -OCH3 is 1. The van der Waals surface area contributed by atoms with E-state index in [4.69, 9.17) is 4.74 Å². The third-order valence-corrected chi connectivity index (χ3v) is 4.40. The molecular formula is C19H20O2. The summed E-state index contributed by atoms with van der Waals surface area (Å²) in [5.41, 5.74) is 6.03. The molecule has 3 rings (SSSR count). The molecular weight excluding hydrogens is 260 g/mol. The quantitative estimate of drug-likeness (QED) is 0.776. The third-order valence-electron chi connectivity index (χ3n) is 4.40. The fourth-order valence-corrected chi connectivity index (χ4v) is 3.12. The molecule has 0 radical (unpaired) electrons. The molecule has 0 spiro atoms. The number of hydrogen-bond acceptors (Lipinski definition) is 2. The molecule has 21 heavy (non-hydrogen) atoms. The van der Waals surface area contributed by atoms with Gasteiger partial charge in [-0.3, -0.25) is 0 Å². The molecule has 1 aliphatic rings. The van der Waals surface area contributed by atoms with Gasteiger partial charge >= 0.3 is 5.97 Å². The van der Waals surface area contributed by atoms with Gasteiger partial charge in [0.15, 0.2) is 0 Å². The van der Waals surface area contributed by atoms with Gasteiger partial charge in [0.25, 0.3) is 0 Å². The summed E-state index contributed by atoms with van der Waals surface area (Å²) in [6.45, 7) is 2.12. The van der Waals surface area contributed by atoms with Crippen LogP contribution >= 0.6 is 0 Å². The number of esters is 1. The summed E-state index contributed by atoms with van der Waals surface area (Å²) >= 11 is 0. The Morgan fingerprint density at radius 2 is 1.86 bits per heavy atom. The monoisotopic (exact) mass is 280 g/mol. The van der Waals surface area contributed by atoms with Crippen molar-refractivity contribution in [2.24, 2.45) is 0 Å². The van der Waals surface area contributed by atoms with Crippen LogP contribution in [-0.2, 0) is 17.6 Å². The first kappa shape index (κ1) is 13.9. The summed E-state index contributed by atoms with van der Waals surface area (Å²) in [7, 11) is 1.43. The summed E-state index contributed by atoms with van der Waals surface area (Å²) in [5.74, 6) is 0.334. The molecule has 1 aliphatic carbocycles. The summed E-state index contributed by atoms with van der Waals surface area (Å²) in [6, 6.07) is 14.8. The second-order valence-corrected chi connectivity index (χ2v) is 5.83. The molecule has 0 saturated heterocycles. The van der Waals surface area contributed by atoms with E-state index < -0.39 is 0 Å². The molecule has 0 aliphatic heterocycles. The predicted molar refractivity (Wildman–Crippen MR) is 83.7 cm³/mol. The Labute approximate surface area is 125 Å². The van der Waals surface area contributed by atoms with Crippen LogP contribution in [0, 0.1) is 6.92 Å². The van der Waals surface area contributed by atoms with Crippen LogP contribution in [0.2, 0.25) is 0 Å². The van der Waals surface area contributed by atoms with Gasteiger partial charge in [-0.05, 0) is 60.9 Å². The molecule has 0 N–H and O–H groups in total. The highest BCUT2D eigenvalue weighted by Gasteiger charge is 2.21. The molecule has 1 unspecified atom stereocenters. The van der Waals surface area contributed by atoms with Crippen LogP contribution in [0.4, 0.5) is 0 Å². The van der Waals surface area contributed by atoms with Crippen molar-refractivity contribution in [1.82, 2.24) is 0 Å². The zero-order valence-electron chi connectivity index (χ0n) is 12.6. The predicted octanol–water partition coefficient (Wildman–Crippen LogP) is 4.05. The fourth-order valence-electron chi connectivity index (χ4n) is 3.12. The first-order chi connectivity index (χ1) is 10.2. The van der Waals surface area contributed by atoms with E-state index in [1.807, 2.05) is 12.1 Å². The second-order valence-electron chi connectivity index (χ2n) is 5.83. The van der Waals surface area contributed by atoms with Crippen molar-refractivity contribution in [3.8, 4) is 0 Å². The molecule has 2 heteroatoms. The van der Waals surface area contributed by atoms with Crippen LogP contribution < -0.4 is 0 Å². The van der Waals surface area contributed by atoms with Crippen molar-refractivity contribution in [1.29, 1.82) is 0 Å². The van der Waals surface area contributed by atoms with E-state index in [0.717, 1.165) is 19.3 Å². The number of carbonyl (C=O) groups is 1. The zero-order chi connectivity index (χ0) is 14.8. The van der Waals surface area contributed by atoms with E-state index in [0.29, 0.717) is 11.5 Å². The molecule has 108 valence electrons. The largest absolute Gasteiger partial charge is 0.465 e. The Hall–Kier alpha value is -2.09. The van der Waals surface area contributed by atoms with Crippen molar-refractivity contribution in [2.45, 2.75) is 32.1 Å². The summed E-state index contributed by atoms with van der Waals surface area (Å²) in [4.78, 5) is 11.6. The fraction of sp³-hybridized carbons (Fsp3) is 0.316. The van der Waals surface area contributed by atoms with Crippen LogP contribution in [0.25, 0.3) is 0 Å². The summed E-state index contributed by atoms with van der Waals surface area (Å²) in [5, 5.41) is 0. The van der Waals surface area contributed by atoms with Gasteiger partial charge in [-0.1, -0.05) is 35.9 Å². The first-order valence-corrected chi connectivity index (χ1v) is 7.44. The van der Waals surface area contributed by atoms with E-state index in [2.05, 4.69) is 37.3 Å². The van der Waals surface area contributed by atoms with Crippen molar-refractivity contribution < 1.29 is 9.53 Å². The SMILES string of the molecule is COC(=O)c1ccc2c(c1)CCC(c1ccc(C)cc1)C2. The molecule has 0 amide bonds. The van der Waals surface area contributed by atoms with Crippen LogP contribution in [0.15, 0.2) is 42.5 Å². The van der Waals surface area contributed by atoms with Gasteiger partial charge in [-0.25, -0.2) is 4.79 Å². The molecule has 2 aromatic carbocycles. The standard InChI is InChI=1S/C19H20O2/c1-13-3-5-14(6-4-13)15-7-8-17-12-18(19(20)21-2)10-9-16(17)11-15/h3-6,9-10,12,15H,7-8,11H2,1-2H3. The number of carbonyl (C=O) groups excluding carboxylic acids is 1. The lowest BCUT2D eigenvalue weighted by Crippen LogP contribution is -2.14. The van der Waals surface area contributed by atoms with E-state index in [-0.39, 0.29) is 5.97 Å². The third kappa shape index (κ3) is 2.85. The maximum atomic E-state index is 11.6. The van der Waals surface area contributed by atoms with Crippen LogP contribution in [0.1, 0.15) is 45.0 Å². The Morgan fingerprint density at radius 1 is 1.10 bits per heavy atom. The Balaban J connectivity index is 1.83. The number of hydrogen-bond donors (Lipinski definition) is 0. The highest BCUT2D eigenvalue weighted by Crippen LogP contribution is 2.33. The van der Waals surface area contributed by atoms with Gasteiger partial charge in [0.2, 0.25) is 0 Å². The minimum Gasteiger partial charge on any atom is -0.465 e. The highest BCUT2D eigenvalue weighted by atomic mass is 16.5. The number of aryl methyl sites for hydroxylation is 2. The maximum absolute atomic E-state index is 11.6. The molecule has 0 bridgehead atoms. The van der Waals surface area contributed by atoms with Crippen molar-refractivity contribution in [2.75, 3.05) is 7.11 Å². The van der Waals surface area contributed by atoms with Crippen molar-refractivity contribution in [3.63, 3.8) is 0 Å². The van der Waals surface area contributed by atoms with E-state index in [1.54, 1.807) is 0 Å². The number of ether oxygens (including phenoxy) is 1. The minimum absolute atomic E-state index is 0.251. The smallest absolute Gasteiger partial charge is 0.337 e. The number of benzene rings is 2. The maximum Gasteiger partial charge on any atom is 0.337 e. The van der Waals surface area contributed by atoms with Crippen molar-refractivity contribution in [3.05, 3.63) is 70.3 Å². The van der Waals surface area contributed by atoms with Gasteiger partial charge in [0.1, 0.15) is 0 Å². The van der Waals surface area contributed by atoms with E-state index >= 15 is 0 Å². The zero-order valence-corrected chi connectivity index (χ0v) is 12.6. The summed E-state index contributed by atoms with van der Waals surface area (Å²) in [6.07, 6.45) is 3.22. The lowest BCUT2D eigenvalue weighted by Gasteiger charge is -2.25. The molecule has 0 saturated carbocycles. The Bertz CT molecular complexity index is 656. The lowest BCUT2D eigenvalue weighted by atomic mass is 9.79. The second kappa shape index (κ2) is 5.72. The minimum atomic E-state index is -0.251. The van der Waals surface area contributed by atoms with Gasteiger partial charge < -0.3 is 4.74 Å². The van der Waals surface area contributed by atoms with Crippen LogP contribution in [0.3, 0.4) is 0 Å². The highest BCUT2D eigenvalue weighted by molar-refractivity contribution is 5.89. The molecule has 2 aromatic rings. The number of fused-ring (bicyclic) bond motifs is 1. The van der Waals surface area contributed by atoms with Gasteiger partial charge in [-0.15, -0.1) is 0 Å². The molecule has 0 fully saturated rings. The average Bonchev–Trinajstić information content (AvgIpc) is 2.54. The van der Waals surface area contributed by atoms with Crippen LogP contribution in [0.5, 0.6) is 0 Å². The first-order valence-electron chi connectivity index (χ1n) is 7.44. The molecule has 1 atom stereocenters. The van der Waals surface area contributed by atoms with E-state index in [1.165, 1.54) is 29.4 Å². The van der Waals surface area contributed by atoms with Gasteiger partial charge in [0, 0.05) is 0 Å².